The lowest BCUT2D eigenvalue weighted by Gasteiger charge is -1.88. The lowest BCUT2D eigenvalue weighted by atomic mass is 10.2. The number of hydrogen-bond acceptors (Lipinski definition) is 1. The highest BCUT2D eigenvalue weighted by Crippen LogP contribution is 2.06. The van der Waals surface area contributed by atoms with Gasteiger partial charge in [-0.25, -0.2) is 4.79 Å². The zero-order valence-corrected chi connectivity index (χ0v) is 5.20. The van der Waals surface area contributed by atoms with Crippen molar-refractivity contribution in [2.45, 2.75) is 0 Å². The minimum absolute atomic E-state index is 0.387. The minimum atomic E-state index is -0.597. The Labute approximate surface area is 58.4 Å². The Bertz CT molecular complexity index is 258. The molecule has 0 aliphatic rings. The van der Waals surface area contributed by atoms with Crippen LogP contribution in [-0.4, -0.2) is 5.94 Å². The first-order valence-corrected chi connectivity index (χ1v) is 2.82. The fraction of sp³-hybridized carbons (Fsp3) is 0. The van der Waals surface area contributed by atoms with Crippen molar-refractivity contribution in [1.82, 2.24) is 0 Å². The summed E-state index contributed by atoms with van der Waals surface area (Å²) in [6, 6.07) is 8.33. The normalized spacial score (nSPS) is 8.40. The van der Waals surface area contributed by atoms with E-state index in [0.717, 1.165) is 0 Å². The van der Waals surface area contributed by atoms with Crippen LogP contribution in [0.15, 0.2) is 30.3 Å². The molecule has 0 aliphatic heterocycles. The molecule has 1 aromatic rings. The van der Waals surface area contributed by atoms with Crippen molar-refractivity contribution in [3.05, 3.63) is 35.9 Å². The summed E-state index contributed by atoms with van der Waals surface area (Å²) < 4.78 is 0. The fourth-order valence-electron chi connectivity index (χ4n) is 0.648. The maximum absolute atomic E-state index is 10.6. The third-order valence-electron chi connectivity index (χ3n) is 1.13. The lowest BCUT2D eigenvalue weighted by molar-refractivity contribution is 0.389. The Kier molecular flexibility index (Phi) is 1.88. The van der Waals surface area contributed by atoms with E-state index in [9.17, 15) is 9.90 Å². The van der Waals surface area contributed by atoms with Gasteiger partial charge in [0.2, 0.25) is 0 Å². The molecular formula is C8H5O2. The Balaban J connectivity index is 3.08. The van der Waals surface area contributed by atoms with Gasteiger partial charge in [0.05, 0.1) is 0 Å². The van der Waals surface area contributed by atoms with Crippen LogP contribution >= 0.6 is 0 Å². The van der Waals surface area contributed by atoms with Gasteiger partial charge in [-0.3, -0.25) is 5.11 Å². The van der Waals surface area contributed by atoms with Crippen LogP contribution in [-0.2, 0) is 9.90 Å². The molecule has 0 saturated carbocycles. The van der Waals surface area contributed by atoms with Crippen molar-refractivity contribution < 1.29 is 9.90 Å². The van der Waals surface area contributed by atoms with Gasteiger partial charge in [0.1, 0.15) is 0 Å². The molecule has 0 unspecified atom stereocenters. The molecular weight excluding hydrogens is 128 g/mol. The highest BCUT2D eigenvalue weighted by atomic mass is 16.3. The Hall–Kier alpha value is -1.53. The summed E-state index contributed by atoms with van der Waals surface area (Å²) in [5.74, 6) is 0.696. The van der Waals surface area contributed by atoms with Crippen LogP contribution in [0, 0.1) is 0 Å². The maximum Gasteiger partial charge on any atom is 0.268 e. The second-order valence-electron chi connectivity index (χ2n) is 1.80. The van der Waals surface area contributed by atoms with Gasteiger partial charge >= 0.3 is 0 Å². The molecule has 10 heavy (non-hydrogen) atoms. The summed E-state index contributed by atoms with van der Waals surface area (Å²) in [4.78, 5) is 9.83. The number of hydrogen-bond donors (Lipinski definition) is 0. The van der Waals surface area contributed by atoms with Crippen LogP contribution in [0.4, 0.5) is 0 Å². The van der Waals surface area contributed by atoms with Crippen LogP contribution < -0.4 is 0 Å². The minimum Gasteiger partial charge on any atom is -0.276 e. The van der Waals surface area contributed by atoms with Crippen molar-refractivity contribution in [2.24, 2.45) is 0 Å². The van der Waals surface area contributed by atoms with Gasteiger partial charge in [0.15, 0.2) is 5.94 Å². The Morgan fingerprint density at radius 1 is 1.20 bits per heavy atom. The number of benzene rings is 1. The summed E-state index contributed by atoms with van der Waals surface area (Å²) >= 11 is 0. The smallest absolute Gasteiger partial charge is 0.268 e. The average molecular weight is 133 g/mol. The summed E-state index contributed by atoms with van der Waals surface area (Å²) in [6.07, 6.45) is 0. The lowest BCUT2D eigenvalue weighted by Crippen LogP contribution is -1.78. The molecule has 0 atom stereocenters. The van der Waals surface area contributed by atoms with Crippen LogP contribution in [0.25, 0.3) is 5.76 Å². The van der Waals surface area contributed by atoms with Gasteiger partial charge in [-0.2, -0.15) is 0 Å². The largest absolute Gasteiger partial charge is 0.276 e. The summed E-state index contributed by atoms with van der Waals surface area (Å²) in [7, 11) is 0. The van der Waals surface area contributed by atoms with Crippen molar-refractivity contribution >= 4 is 11.7 Å². The molecule has 0 fully saturated rings. The summed E-state index contributed by atoms with van der Waals surface area (Å²) in [5, 5.41) is 10.6. The quantitative estimate of drug-likeness (QED) is 0.420. The third kappa shape index (κ3) is 1.24. The molecule has 1 rings (SSSR count). The van der Waals surface area contributed by atoms with Gasteiger partial charge in [0.25, 0.3) is 5.76 Å². The van der Waals surface area contributed by atoms with Crippen LogP contribution in [0.2, 0.25) is 0 Å². The highest BCUT2D eigenvalue weighted by Gasteiger charge is 1.97. The van der Waals surface area contributed by atoms with E-state index >= 15 is 0 Å². The van der Waals surface area contributed by atoms with Crippen molar-refractivity contribution in [2.75, 3.05) is 0 Å². The number of carbonyl (C=O) groups excluding carboxylic acids is 1. The van der Waals surface area contributed by atoms with Gasteiger partial charge in [0, 0.05) is 5.56 Å². The summed E-state index contributed by atoms with van der Waals surface area (Å²) in [6.45, 7) is 0. The van der Waals surface area contributed by atoms with E-state index in [0.29, 0.717) is 5.56 Å². The first-order chi connectivity index (χ1) is 4.84. The van der Waals surface area contributed by atoms with E-state index in [4.69, 9.17) is 0 Å². The number of rotatable bonds is 1. The first kappa shape index (κ1) is 6.59. The molecule has 1 aromatic carbocycles. The predicted octanol–water partition coefficient (Wildman–Crippen LogP) is 1.29. The molecule has 1 radical (unpaired) electrons. The summed E-state index contributed by atoms with van der Waals surface area (Å²) in [5.41, 5.74) is 0.387. The average Bonchev–Trinajstić information content (AvgIpc) is 2.05. The molecule has 0 heterocycles. The molecule has 0 saturated heterocycles. The molecule has 0 aliphatic carbocycles. The molecule has 0 spiro atoms. The molecule has 49 valence electrons. The van der Waals surface area contributed by atoms with E-state index in [1.165, 1.54) is 5.94 Å². The topological polar surface area (TPSA) is 37.0 Å². The van der Waals surface area contributed by atoms with E-state index in [1.807, 2.05) is 0 Å². The van der Waals surface area contributed by atoms with Crippen molar-refractivity contribution in [3.63, 3.8) is 0 Å². The van der Waals surface area contributed by atoms with Gasteiger partial charge < -0.3 is 0 Å². The molecule has 2 heteroatoms. The molecule has 0 amide bonds. The monoisotopic (exact) mass is 133 g/mol. The van der Waals surface area contributed by atoms with Crippen LogP contribution in [0.3, 0.4) is 0 Å². The third-order valence-corrected chi connectivity index (χ3v) is 1.13. The van der Waals surface area contributed by atoms with Crippen LogP contribution in [0.1, 0.15) is 5.56 Å². The second-order valence-corrected chi connectivity index (χ2v) is 1.80. The first-order valence-electron chi connectivity index (χ1n) is 2.82. The van der Waals surface area contributed by atoms with E-state index in [2.05, 4.69) is 0 Å². The van der Waals surface area contributed by atoms with Crippen molar-refractivity contribution in [1.29, 1.82) is 0 Å². The van der Waals surface area contributed by atoms with Gasteiger partial charge in [-0.15, -0.1) is 0 Å². The SMILES string of the molecule is [O]C(=C=O)c1ccccc1. The second kappa shape index (κ2) is 2.85. The van der Waals surface area contributed by atoms with Gasteiger partial charge in [-0.05, 0) is 0 Å². The van der Waals surface area contributed by atoms with E-state index in [1.54, 1.807) is 30.3 Å². The molecule has 0 N–H and O–H groups in total. The van der Waals surface area contributed by atoms with E-state index < -0.39 is 5.76 Å². The predicted molar refractivity (Wildman–Crippen MR) is 36.2 cm³/mol. The van der Waals surface area contributed by atoms with E-state index in [-0.39, 0.29) is 0 Å². The zero-order chi connectivity index (χ0) is 7.40. The standard InChI is InChI=1S/C8H5O2/c9-6-8(10)7-4-2-1-3-5-7/h1-5H. The zero-order valence-electron chi connectivity index (χ0n) is 5.20. The molecule has 0 bridgehead atoms. The van der Waals surface area contributed by atoms with Gasteiger partial charge in [-0.1, -0.05) is 30.3 Å². The van der Waals surface area contributed by atoms with Crippen molar-refractivity contribution in [3.8, 4) is 0 Å². The molecule has 0 aromatic heterocycles. The fourth-order valence-corrected chi connectivity index (χ4v) is 0.648. The Morgan fingerprint density at radius 2 is 1.80 bits per heavy atom. The van der Waals surface area contributed by atoms with Crippen LogP contribution in [0.5, 0.6) is 0 Å². The highest BCUT2D eigenvalue weighted by molar-refractivity contribution is 5.81. The maximum atomic E-state index is 10.6. The molecule has 2 nitrogen and oxygen atoms in total. The Morgan fingerprint density at radius 3 is 2.30 bits per heavy atom.